The summed E-state index contributed by atoms with van der Waals surface area (Å²) in [4.78, 5) is 12.2. The third-order valence-electron chi connectivity index (χ3n) is 4.41. The summed E-state index contributed by atoms with van der Waals surface area (Å²) in [6, 6.07) is 5.48. The summed E-state index contributed by atoms with van der Waals surface area (Å²) < 4.78 is 17.6. The first kappa shape index (κ1) is 18.0. The van der Waals surface area contributed by atoms with Crippen LogP contribution in [-0.2, 0) is 14.0 Å². The Hall–Kier alpha value is -1.33. The van der Waals surface area contributed by atoms with Gasteiger partial charge in [0.2, 0.25) is 0 Å². The van der Waals surface area contributed by atoms with Crippen LogP contribution in [0.25, 0.3) is 0 Å². The zero-order chi connectivity index (χ0) is 17.6. The molecule has 0 atom stereocenters. The molecule has 4 nitrogen and oxygen atoms in total. The maximum absolute atomic E-state index is 12.2. The van der Waals surface area contributed by atoms with Gasteiger partial charge in [0.25, 0.3) is 0 Å². The average molecular weight is 318 g/mol. The lowest BCUT2D eigenvalue weighted by atomic mass is 9.76. The van der Waals surface area contributed by atoms with E-state index in [1.807, 2.05) is 67.5 Å². The van der Waals surface area contributed by atoms with E-state index in [2.05, 4.69) is 0 Å². The first-order chi connectivity index (χ1) is 10.3. The number of hydrogen-bond acceptors (Lipinski definition) is 4. The lowest BCUT2D eigenvalue weighted by Crippen LogP contribution is -2.41. The van der Waals surface area contributed by atoms with E-state index < -0.39 is 12.7 Å². The molecule has 2 rings (SSSR count). The van der Waals surface area contributed by atoms with E-state index in [4.69, 9.17) is 14.0 Å². The molecule has 0 N–H and O–H groups in total. The molecule has 0 aromatic heterocycles. The largest absolute Gasteiger partial charge is 0.495 e. The summed E-state index contributed by atoms with van der Waals surface area (Å²) in [5, 5.41) is 0. The predicted octanol–water partition coefficient (Wildman–Crippen LogP) is 3.25. The Morgan fingerprint density at radius 2 is 1.61 bits per heavy atom. The standard InChI is InChI=1S/C18H27BO4/c1-12-11-13(15(20)21-16(2,3)4)9-10-14(12)19-22-17(5,6)18(7,8)23-19/h9-11H,1-8H3. The van der Waals surface area contributed by atoms with Gasteiger partial charge in [-0.05, 0) is 73.0 Å². The second-order valence-electron chi connectivity index (χ2n) is 8.16. The Kier molecular flexibility index (Phi) is 4.42. The van der Waals surface area contributed by atoms with E-state index >= 15 is 0 Å². The highest BCUT2D eigenvalue weighted by Crippen LogP contribution is 2.36. The van der Waals surface area contributed by atoms with Crippen LogP contribution < -0.4 is 5.46 Å². The number of hydrogen-bond donors (Lipinski definition) is 0. The topological polar surface area (TPSA) is 44.8 Å². The molecule has 23 heavy (non-hydrogen) atoms. The molecular weight excluding hydrogens is 291 g/mol. The highest BCUT2D eigenvalue weighted by molar-refractivity contribution is 6.62. The van der Waals surface area contributed by atoms with Crippen molar-refractivity contribution in [3.8, 4) is 0 Å². The highest BCUT2D eigenvalue weighted by atomic mass is 16.7. The zero-order valence-corrected chi connectivity index (χ0v) is 15.4. The third-order valence-corrected chi connectivity index (χ3v) is 4.41. The van der Waals surface area contributed by atoms with E-state index in [9.17, 15) is 4.79 Å². The molecule has 0 bridgehead atoms. The van der Waals surface area contributed by atoms with Gasteiger partial charge in [0, 0.05) is 0 Å². The number of carbonyl (C=O) groups is 1. The molecular formula is C18H27BO4. The van der Waals surface area contributed by atoms with Crippen LogP contribution >= 0.6 is 0 Å². The SMILES string of the molecule is Cc1cc(C(=O)OC(C)(C)C)ccc1B1OC(C)(C)C(C)(C)O1. The van der Waals surface area contributed by atoms with Gasteiger partial charge in [-0.15, -0.1) is 0 Å². The molecule has 5 heteroatoms. The van der Waals surface area contributed by atoms with Gasteiger partial charge in [0.15, 0.2) is 0 Å². The Labute approximate surface area is 139 Å². The summed E-state index contributed by atoms with van der Waals surface area (Å²) in [6.45, 7) is 15.6. The molecule has 1 fully saturated rings. The zero-order valence-electron chi connectivity index (χ0n) is 15.4. The fraction of sp³-hybridized carbons (Fsp3) is 0.611. The van der Waals surface area contributed by atoms with Crippen molar-refractivity contribution in [3.63, 3.8) is 0 Å². The lowest BCUT2D eigenvalue weighted by Gasteiger charge is -2.32. The number of carbonyl (C=O) groups excluding carboxylic acids is 1. The predicted molar refractivity (Wildman–Crippen MR) is 92.1 cm³/mol. The monoisotopic (exact) mass is 318 g/mol. The lowest BCUT2D eigenvalue weighted by molar-refractivity contribution is 0.00578. The minimum Gasteiger partial charge on any atom is -0.456 e. The van der Waals surface area contributed by atoms with Crippen molar-refractivity contribution in [2.75, 3.05) is 0 Å². The number of rotatable bonds is 2. The number of benzene rings is 1. The number of ether oxygens (including phenoxy) is 1. The van der Waals surface area contributed by atoms with Crippen molar-refractivity contribution >= 4 is 18.6 Å². The van der Waals surface area contributed by atoms with Crippen molar-refractivity contribution < 1.29 is 18.8 Å². The van der Waals surface area contributed by atoms with Gasteiger partial charge < -0.3 is 14.0 Å². The van der Waals surface area contributed by atoms with Crippen LogP contribution in [0.3, 0.4) is 0 Å². The van der Waals surface area contributed by atoms with Crippen LogP contribution in [0.15, 0.2) is 18.2 Å². The van der Waals surface area contributed by atoms with E-state index in [0.717, 1.165) is 11.0 Å². The summed E-state index contributed by atoms with van der Waals surface area (Å²) in [6.07, 6.45) is 0. The van der Waals surface area contributed by atoms with Gasteiger partial charge in [0.1, 0.15) is 5.60 Å². The molecule has 1 aliphatic heterocycles. The molecule has 0 spiro atoms. The normalized spacial score (nSPS) is 19.7. The van der Waals surface area contributed by atoms with Crippen LogP contribution in [-0.4, -0.2) is 29.9 Å². The Morgan fingerprint density at radius 3 is 2.04 bits per heavy atom. The fourth-order valence-electron chi connectivity index (χ4n) is 2.37. The van der Waals surface area contributed by atoms with Gasteiger partial charge in [0.05, 0.1) is 16.8 Å². The summed E-state index contributed by atoms with van der Waals surface area (Å²) in [5.41, 5.74) is 1.16. The molecule has 0 unspecified atom stereocenters. The Balaban J connectivity index is 2.23. The number of esters is 1. The molecule has 1 saturated heterocycles. The molecule has 1 aromatic carbocycles. The van der Waals surface area contributed by atoms with Gasteiger partial charge in [-0.3, -0.25) is 0 Å². The smallest absolute Gasteiger partial charge is 0.456 e. The summed E-state index contributed by atoms with van der Waals surface area (Å²) >= 11 is 0. The summed E-state index contributed by atoms with van der Waals surface area (Å²) in [7, 11) is -0.423. The first-order valence-corrected chi connectivity index (χ1v) is 8.02. The van der Waals surface area contributed by atoms with Gasteiger partial charge in [-0.25, -0.2) is 4.79 Å². The molecule has 1 heterocycles. The molecule has 1 aromatic rings. The molecule has 0 aliphatic carbocycles. The van der Waals surface area contributed by atoms with Crippen LogP contribution in [0, 0.1) is 6.92 Å². The van der Waals surface area contributed by atoms with Crippen LogP contribution in [0.2, 0.25) is 0 Å². The summed E-state index contributed by atoms with van der Waals surface area (Å²) in [5.74, 6) is -0.318. The molecule has 126 valence electrons. The van der Waals surface area contributed by atoms with Crippen molar-refractivity contribution in [2.45, 2.75) is 72.2 Å². The molecule has 1 aliphatic rings. The third kappa shape index (κ3) is 3.78. The number of aryl methyl sites for hydroxylation is 1. The second kappa shape index (κ2) is 5.64. The van der Waals surface area contributed by atoms with Crippen molar-refractivity contribution in [2.24, 2.45) is 0 Å². The quantitative estimate of drug-likeness (QED) is 0.620. The molecule has 0 radical (unpaired) electrons. The van der Waals surface area contributed by atoms with Crippen molar-refractivity contribution in [3.05, 3.63) is 29.3 Å². The minimum atomic E-state index is -0.505. The van der Waals surface area contributed by atoms with Crippen LogP contribution in [0.4, 0.5) is 0 Å². The second-order valence-corrected chi connectivity index (χ2v) is 8.16. The maximum Gasteiger partial charge on any atom is 0.495 e. The van der Waals surface area contributed by atoms with E-state index in [0.29, 0.717) is 5.56 Å². The molecule has 0 saturated carbocycles. The van der Waals surface area contributed by atoms with Gasteiger partial charge in [-0.2, -0.15) is 0 Å². The maximum atomic E-state index is 12.2. The van der Waals surface area contributed by atoms with Crippen molar-refractivity contribution in [1.29, 1.82) is 0 Å². The van der Waals surface area contributed by atoms with Crippen molar-refractivity contribution in [1.82, 2.24) is 0 Å². The minimum absolute atomic E-state index is 0.318. The van der Waals surface area contributed by atoms with E-state index in [1.165, 1.54) is 0 Å². The van der Waals surface area contributed by atoms with Crippen LogP contribution in [0.1, 0.15) is 64.4 Å². The van der Waals surface area contributed by atoms with E-state index in [1.54, 1.807) is 6.07 Å². The Bertz CT molecular complexity index is 598. The van der Waals surface area contributed by atoms with Gasteiger partial charge in [-0.1, -0.05) is 11.6 Å². The average Bonchev–Trinajstić information content (AvgIpc) is 2.55. The fourth-order valence-corrected chi connectivity index (χ4v) is 2.37. The van der Waals surface area contributed by atoms with Crippen LogP contribution in [0.5, 0.6) is 0 Å². The van der Waals surface area contributed by atoms with Gasteiger partial charge >= 0.3 is 13.1 Å². The highest BCUT2D eigenvalue weighted by Gasteiger charge is 2.52. The Morgan fingerprint density at radius 1 is 1.09 bits per heavy atom. The first-order valence-electron chi connectivity index (χ1n) is 8.02. The molecule has 0 amide bonds. The van der Waals surface area contributed by atoms with E-state index in [-0.39, 0.29) is 17.2 Å².